The largest absolute Gasteiger partial charge is 0.494 e. The van der Waals surface area contributed by atoms with Gasteiger partial charge in [0.05, 0.1) is 30.6 Å². The first-order chi connectivity index (χ1) is 16.4. The van der Waals surface area contributed by atoms with Gasteiger partial charge in [0.2, 0.25) is 11.8 Å². The van der Waals surface area contributed by atoms with Crippen molar-refractivity contribution in [3.05, 3.63) is 70.8 Å². The molecule has 0 atom stereocenters. The number of fused-ring (bicyclic) bond motifs is 5. The molecule has 2 aromatic heterocycles. The number of hydrogen-bond donors (Lipinski definition) is 2. The third kappa shape index (κ3) is 4.12. The standard InChI is InChI=1S/C26H25FN4O3/c1-15(32)28-24(33)14-31-10-9-18-22(13-31)29-21(12-16-7-8-23(34-2)19(27)11-16)26-25(18)17-5-3-4-6-20(17)30-26/h3-8,11,30H,9-10,12-14H2,1-2H3,(H,28,32,33). The summed E-state index contributed by atoms with van der Waals surface area (Å²) < 4.78 is 19.4. The van der Waals surface area contributed by atoms with Gasteiger partial charge in [0, 0.05) is 42.7 Å². The fraction of sp³-hybridized carbons (Fsp3) is 0.269. The SMILES string of the molecule is COc1ccc(Cc2nc3c(c4c2[nH]c2ccccc24)CCN(CC(=O)NC(C)=O)C3)cc1F. The quantitative estimate of drug-likeness (QED) is 0.476. The highest BCUT2D eigenvalue weighted by atomic mass is 19.1. The first-order valence-corrected chi connectivity index (χ1v) is 11.2. The molecule has 0 spiro atoms. The number of hydrogen-bond acceptors (Lipinski definition) is 5. The number of rotatable bonds is 5. The van der Waals surface area contributed by atoms with E-state index in [1.165, 1.54) is 25.7 Å². The number of nitrogens with zero attached hydrogens (tertiary/aromatic N) is 2. The lowest BCUT2D eigenvalue weighted by Crippen LogP contribution is -2.41. The van der Waals surface area contributed by atoms with Gasteiger partial charge < -0.3 is 9.72 Å². The Morgan fingerprint density at radius 1 is 1.24 bits per heavy atom. The van der Waals surface area contributed by atoms with Crippen LogP contribution in [0.2, 0.25) is 0 Å². The first kappa shape index (κ1) is 22.0. The Balaban J connectivity index is 1.57. The van der Waals surface area contributed by atoms with Crippen LogP contribution in [-0.4, -0.2) is 46.9 Å². The zero-order chi connectivity index (χ0) is 23.8. The molecule has 0 fully saturated rings. The van der Waals surface area contributed by atoms with Crippen LogP contribution >= 0.6 is 0 Å². The Morgan fingerprint density at radius 3 is 2.82 bits per heavy atom. The molecule has 8 heteroatoms. The van der Waals surface area contributed by atoms with E-state index in [2.05, 4.69) is 16.4 Å². The lowest BCUT2D eigenvalue weighted by Gasteiger charge is -2.28. The molecule has 1 aliphatic heterocycles. The van der Waals surface area contributed by atoms with E-state index in [9.17, 15) is 14.0 Å². The summed E-state index contributed by atoms with van der Waals surface area (Å²) in [6, 6.07) is 13.1. The van der Waals surface area contributed by atoms with E-state index < -0.39 is 5.82 Å². The minimum atomic E-state index is -0.409. The van der Waals surface area contributed by atoms with E-state index in [1.54, 1.807) is 6.07 Å². The number of amides is 2. The molecule has 2 aromatic carbocycles. The molecule has 174 valence electrons. The van der Waals surface area contributed by atoms with Crippen molar-refractivity contribution in [2.75, 3.05) is 20.2 Å². The Bertz CT molecular complexity index is 1430. The van der Waals surface area contributed by atoms with E-state index in [0.29, 0.717) is 19.5 Å². The van der Waals surface area contributed by atoms with Gasteiger partial charge in [0.15, 0.2) is 11.6 Å². The summed E-state index contributed by atoms with van der Waals surface area (Å²) in [5.41, 5.74) is 5.67. The second-order valence-corrected chi connectivity index (χ2v) is 8.62. The van der Waals surface area contributed by atoms with Gasteiger partial charge in [0.25, 0.3) is 0 Å². The number of halogens is 1. The maximum absolute atomic E-state index is 14.3. The molecule has 0 bridgehead atoms. The van der Waals surface area contributed by atoms with Crippen LogP contribution in [-0.2, 0) is 29.0 Å². The number of benzene rings is 2. The second-order valence-electron chi connectivity index (χ2n) is 8.62. The van der Waals surface area contributed by atoms with Crippen LogP contribution in [0.3, 0.4) is 0 Å². The molecule has 7 nitrogen and oxygen atoms in total. The van der Waals surface area contributed by atoms with Gasteiger partial charge in [0.1, 0.15) is 0 Å². The van der Waals surface area contributed by atoms with Crippen molar-refractivity contribution in [3.8, 4) is 5.75 Å². The van der Waals surface area contributed by atoms with Crippen LogP contribution in [0.4, 0.5) is 4.39 Å². The van der Waals surface area contributed by atoms with Crippen LogP contribution in [0.1, 0.15) is 29.4 Å². The van der Waals surface area contributed by atoms with Crippen molar-refractivity contribution in [1.82, 2.24) is 20.2 Å². The lowest BCUT2D eigenvalue weighted by atomic mass is 9.96. The molecule has 4 aromatic rings. The van der Waals surface area contributed by atoms with E-state index in [0.717, 1.165) is 45.2 Å². The molecular formula is C26H25FN4O3. The second kappa shape index (κ2) is 8.87. The molecule has 0 unspecified atom stereocenters. The van der Waals surface area contributed by atoms with Crippen LogP contribution in [0.25, 0.3) is 21.8 Å². The van der Waals surface area contributed by atoms with Gasteiger partial charge in [-0.25, -0.2) is 4.39 Å². The number of nitrogens with one attached hydrogen (secondary N) is 2. The highest BCUT2D eigenvalue weighted by molar-refractivity contribution is 6.10. The Kier molecular flexibility index (Phi) is 5.75. The summed E-state index contributed by atoms with van der Waals surface area (Å²) in [7, 11) is 1.44. The number of para-hydroxylation sites is 1. The van der Waals surface area contributed by atoms with E-state index in [4.69, 9.17) is 9.72 Å². The minimum absolute atomic E-state index is 0.131. The van der Waals surface area contributed by atoms with Crippen LogP contribution in [0, 0.1) is 5.82 Å². The average Bonchev–Trinajstić information content (AvgIpc) is 3.19. The molecule has 0 radical (unpaired) electrons. The Morgan fingerprint density at radius 2 is 2.06 bits per heavy atom. The molecule has 1 aliphatic rings. The van der Waals surface area contributed by atoms with E-state index in [-0.39, 0.29) is 24.1 Å². The highest BCUT2D eigenvalue weighted by Crippen LogP contribution is 2.35. The van der Waals surface area contributed by atoms with Crippen molar-refractivity contribution in [3.63, 3.8) is 0 Å². The fourth-order valence-corrected chi connectivity index (χ4v) is 4.78. The van der Waals surface area contributed by atoms with Crippen LogP contribution in [0.5, 0.6) is 5.75 Å². The summed E-state index contributed by atoms with van der Waals surface area (Å²) in [5, 5.41) is 4.59. The van der Waals surface area contributed by atoms with Crippen LogP contribution in [0.15, 0.2) is 42.5 Å². The van der Waals surface area contributed by atoms with Gasteiger partial charge in [-0.15, -0.1) is 0 Å². The summed E-state index contributed by atoms with van der Waals surface area (Å²) in [5.74, 6) is -0.890. The molecule has 5 rings (SSSR count). The zero-order valence-corrected chi connectivity index (χ0v) is 19.1. The maximum atomic E-state index is 14.3. The minimum Gasteiger partial charge on any atom is -0.494 e. The van der Waals surface area contributed by atoms with Gasteiger partial charge in [-0.2, -0.15) is 0 Å². The number of carbonyl (C=O) groups excluding carboxylic acids is 2. The molecule has 0 saturated heterocycles. The Hall–Kier alpha value is -3.78. The van der Waals surface area contributed by atoms with Gasteiger partial charge in [-0.1, -0.05) is 24.3 Å². The fourth-order valence-electron chi connectivity index (χ4n) is 4.78. The van der Waals surface area contributed by atoms with Crippen molar-refractivity contribution >= 4 is 33.6 Å². The van der Waals surface area contributed by atoms with E-state index in [1.807, 2.05) is 29.2 Å². The van der Waals surface area contributed by atoms with Gasteiger partial charge in [-0.05, 0) is 35.7 Å². The zero-order valence-electron chi connectivity index (χ0n) is 19.1. The molecule has 0 aliphatic carbocycles. The third-order valence-corrected chi connectivity index (χ3v) is 6.24. The molecule has 2 amide bonds. The van der Waals surface area contributed by atoms with Gasteiger partial charge in [-0.3, -0.25) is 24.8 Å². The van der Waals surface area contributed by atoms with Crippen molar-refractivity contribution in [2.45, 2.75) is 26.3 Å². The number of aromatic amines is 1. The number of pyridine rings is 1. The molecule has 0 saturated carbocycles. The monoisotopic (exact) mass is 460 g/mol. The topological polar surface area (TPSA) is 87.3 Å². The summed E-state index contributed by atoms with van der Waals surface area (Å²) in [6.45, 7) is 2.65. The molecular weight excluding hydrogens is 435 g/mol. The highest BCUT2D eigenvalue weighted by Gasteiger charge is 2.25. The number of imide groups is 1. The number of methoxy groups -OCH3 is 1. The summed E-state index contributed by atoms with van der Waals surface area (Å²) in [4.78, 5) is 33.9. The van der Waals surface area contributed by atoms with Crippen LogP contribution < -0.4 is 10.1 Å². The maximum Gasteiger partial charge on any atom is 0.240 e. The number of H-pyrrole nitrogens is 1. The van der Waals surface area contributed by atoms with Crippen molar-refractivity contribution in [2.24, 2.45) is 0 Å². The smallest absolute Gasteiger partial charge is 0.240 e. The number of carbonyl (C=O) groups is 2. The number of aromatic nitrogens is 2. The van der Waals surface area contributed by atoms with E-state index >= 15 is 0 Å². The lowest BCUT2D eigenvalue weighted by molar-refractivity contribution is -0.130. The predicted octanol–water partition coefficient (Wildman–Crippen LogP) is 3.48. The third-order valence-electron chi connectivity index (χ3n) is 6.24. The van der Waals surface area contributed by atoms with Crippen molar-refractivity contribution in [1.29, 1.82) is 0 Å². The summed E-state index contributed by atoms with van der Waals surface area (Å²) >= 11 is 0. The average molecular weight is 461 g/mol. The van der Waals surface area contributed by atoms with Gasteiger partial charge >= 0.3 is 0 Å². The normalized spacial score (nSPS) is 13.7. The summed E-state index contributed by atoms with van der Waals surface area (Å²) in [6.07, 6.45) is 1.19. The number of ether oxygens (including phenoxy) is 1. The van der Waals surface area contributed by atoms with Crippen molar-refractivity contribution < 1.29 is 18.7 Å². The first-order valence-electron chi connectivity index (χ1n) is 11.2. The molecule has 3 heterocycles. The predicted molar refractivity (Wildman–Crippen MR) is 127 cm³/mol. The Labute approximate surface area is 195 Å². The molecule has 2 N–H and O–H groups in total. The molecule has 34 heavy (non-hydrogen) atoms.